The highest BCUT2D eigenvalue weighted by Crippen LogP contribution is 2.25. The molecule has 0 aliphatic rings. The van der Waals surface area contributed by atoms with Crippen LogP contribution in [0.5, 0.6) is 0 Å². The predicted octanol–water partition coefficient (Wildman–Crippen LogP) is 1.09. The maximum absolute atomic E-state index is 12.0. The van der Waals surface area contributed by atoms with Crippen LogP contribution in [0.3, 0.4) is 0 Å². The maximum Gasteiger partial charge on any atom is 0.293 e. The number of nitro benzene ring substituents is 1. The van der Waals surface area contributed by atoms with E-state index in [9.17, 15) is 20.0 Å². The van der Waals surface area contributed by atoms with Gasteiger partial charge < -0.3 is 15.3 Å². The molecule has 0 aliphatic carbocycles. The van der Waals surface area contributed by atoms with E-state index in [0.29, 0.717) is 5.69 Å². The number of nitrogens with zero attached hydrogens (tertiary/aromatic N) is 2. The lowest BCUT2D eigenvalue weighted by atomic mass is 10.1. The van der Waals surface area contributed by atoms with E-state index in [1.165, 1.54) is 30.1 Å². The molecule has 1 aromatic rings. The van der Waals surface area contributed by atoms with E-state index in [1.807, 2.05) is 0 Å². The standard InChI is InChI=1S/C12H17N3O4/c1-8(16)7-14(3)12(17)9-4-5-10(13-2)11(6-9)15(18)19/h4-6,8,13,16H,7H2,1-3H3. The lowest BCUT2D eigenvalue weighted by Crippen LogP contribution is -2.33. The van der Waals surface area contributed by atoms with Crippen LogP contribution in [0.2, 0.25) is 0 Å². The lowest BCUT2D eigenvalue weighted by molar-refractivity contribution is -0.384. The first-order chi connectivity index (χ1) is 8.86. The number of benzene rings is 1. The Bertz CT molecular complexity index is 488. The van der Waals surface area contributed by atoms with E-state index in [0.717, 1.165) is 0 Å². The van der Waals surface area contributed by atoms with Crippen LogP contribution >= 0.6 is 0 Å². The van der Waals surface area contributed by atoms with Crippen molar-refractivity contribution in [3.8, 4) is 0 Å². The first kappa shape index (κ1) is 14.9. The van der Waals surface area contributed by atoms with Gasteiger partial charge in [-0.1, -0.05) is 0 Å². The minimum absolute atomic E-state index is 0.154. The summed E-state index contributed by atoms with van der Waals surface area (Å²) in [6.45, 7) is 1.73. The van der Waals surface area contributed by atoms with Crippen LogP contribution < -0.4 is 5.32 Å². The summed E-state index contributed by atoms with van der Waals surface area (Å²) in [5, 5.41) is 22.8. The SMILES string of the molecule is CNc1ccc(C(=O)N(C)CC(C)O)cc1[N+](=O)[O-]. The molecule has 0 radical (unpaired) electrons. The van der Waals surface area contributed by atoms with Gasteiger partial charge in [0, 0.05) is 32.3 Å². The molecule has 0 heterocycles. The van der Waals surface area contributed by atoms with Crippen molar-refractivity contribution in [1.29, 1.82) is 0 Å². The van der Waals surface area contributed by atoms with Gasteiger partial charge >= 0.3 is 0 Å². The summed E-state index contributed by atoms with van der Waals surface area (Å²) in [4.78, 5) is 23.7. The number of carbonyl (C=O) groups is 1. The number of nitrogens with one attached hydrogen (secondary N) is 1. The summed E-state index contributed by atoms with van der Waals surface area (Å²) >= 11 is 0. The van der Waals surface area contributed by atoms with E-state index in [-0.39, 0.29) is 23.7 Å². The molecule has 7 nitrogen and oxygen atoms in total. The van der Waals surface area contributed by atoms with Crippen molar-refractivity contribution < 1.29 is 14.8 Å². The third kappa shape index (κ3) is 3.65. The van der Waals surface area contributed by atoms with Gasteiger partial charge in [-0.2, -0.15) is 0 Å². The summed E-state index contributed by atoms with van der Waals surface area (Å²) in [5.74, 6) is -0.369. The number of anilines is 1. The molecule has 0 saturated carbocycles. The molecule has 104 valence electrons. The van der Waals surface area contributed by atoms with Gasteiger partial charge in [0.2, 0.25) is 0 Å². The quantitative estimate of drug-likeness (QED) is 0.615. The van der Waals surface area contributed by atoms with Gasteiger partial charge in [0.05, 0.1) is 11.0 Å². The molecule has 0 bridgehead atoms. The van der Waals surface area contributed by atoms with E-state index >= 15 is 0 Å². The Morgan fingerprint density at radius 2 is 2.21 bits per heavy atom. The van der Waals surface area contributed by atoms with Crippen molar-refractivity contribution in [3.05, 3.63) is 33.9 Å². The summed E-state index contributed by atoms with van der Waals surface area (Å²) in [5.41, 5.74) is 0.410. The Labute approximate surface area is 111 Å². The normalized spacial score (nSPS) is 11.8. The molecule has 7 heteroatoms. The highest BCUT2D eigenvalue weighted by molar-refractivity contribution is 5.95. The van der Waals surface area contributed by atoms with Gasteiger partial charge in [0.15, 0.2) is 0 Å². The van der Waals surface area contributed by atoms with Crippen molar-refractivity contribution in [1.82, 2.24) is 4.90 Å². The second-order valence-electron chi connectivity index (χ2n) is 4.27. The van der Waals surface area contributed by atoms with E-state index < -0.39 is 11.0 Å². The largest absolute Gasteiger partial charge is 0.392 e. The zero-order valence-electron chi connectivity index (χ0n) is 11.1. The molecule has 2 N–H and O–H groups in total. The van der Waals surface area contributed by atoms with Crippen molar-refractivity contribution in [3.63, 3.8) is 0 Å². The monoisotopic (exact) mass is 267 g/mol. The van der Waals surface area contributed by atoms with Gasteiger partial charge in [-0.05, 0) is 19.1 Å². The Hall–Kier alpha value is -2.15. The number of hydrogen-bond donors (Lipinski definition) is 2. The molecule has 1 rings (SSSR count). The predicted molar refractivity (Wildman–Crippen MR) is 71.3 cm³/mol. The van der Waals surface area contributed by atoms with Crippen molar-refractivity contribution >= 4 is 17.3 Å². The van der Waals surface area contributed by atoms with Crippen LogP contribution in [-0.2, 0) is 0 Å². The molecule has 0 saturated heterocycles. The molecule has 0 aromatic heterocycles. The average Bonchev–Trinajstić information content (AvgIpc) is 2.36. The summed E-state index contributed by atoms with van der Waals surface area (Å²) in [6.07, 6.45) is -0.652. The topological polar surface area (TPSA) is 95.7 Å². The number of carbonyl (C=O) groups excluding carboxylic acids is 1. The van der Waals surface area contributed by atoms with Crippen LogP contribution in [-0.4, -0.2) is 47.6 Å². The Morgan fingerprint density at radius 3 is 2.68 bits per heavy atom. The van der Waals surface area contributed by atoms with E-state index in [4.69, 9.17) is 0 Å². The molecule has 19 heavy (non-hydrogen) atoms. The van der Waals surface area contributed by atoms with Crippen molar-refractivity contribution in [2.24, 2.45) is 0 Å². The molecule has 1 unspecified atom stereocenters. The van der Waals surface area contributed by atoms with Crippen LogP contribution in [0.25, 0.3) is 0 Å². The number of rotatable bonds is 5. The summed E-state index contributed by atoms with van der Waals surface area (Å²) in [6, 6.07) is 4.23. The van der Waals surface area contributed by atoms with Crippen LogP contribution in [0.15, 0.2) is 18.2 Å². The Morgan fingerprint density at radius 1 is 1.58 bits per heavy atom. The number of likely N-dealkylation sites (N-methyl/N-ethyl adjacent to an activating group) is 1. The van der Waals surface area contributed by atoms with Crippen LogP contribution in [0.1, 0.15) is 17.3 Å². The average molecular weight is 267 g/mol. The van der Waals surface area contributed by atoms with Crippen LogP contribution in [0.4, 0.5) is 11.4 Å². The van der Waals surface area contributed by atoms with Crippen molar-refractivity contribution in [2.75, 3.05) is 26.0 Å². The maximum atomic E-state index is 12.0. The van der Waals surface area contributed by atoms with Gasteiger partial charge in [0.25, 0.3) is 11.6 Å². The zero-order chi connectivity index (χ0) is 14.6. The first-order valence-electron chi connectivity index (χ1n) is 5.76. The first-order valence-corrected chi connectivity index (χ1v) is 5.76. The minimum Gasteiger partial charge on any atom is -0.392 e. The van der Waals surface area contributed by atoms with Gasteiger partial charge in [-0.3, -0.25) is 14.9 Å². The third-order valence-electron chi connectivity index (χ3n) is 2.60. The fourth-order valence-electron chi connectivity index (χ4n) is 1.73. The molecule has 0 spiro atoms. The van der Waals surface area contributed by atoms with Gasteiger partial charge in [-0.25, -0.2) is 0 Å². The van der Waals surface area contributed by atoms with Crippen molar-refractivity contribution in [2.45, 2.75) is 13.0 Å². The molecular formula is C12H17N3O4. The molecule has 1 atom stereocenters. The number of aliphatic hydroxyl groups excluding tert-OH is 1. The summed E-state index contributed by atoms with van der Waals surface area (Å²) < 4.78 is 0. The Kier molecular flexibility index (Phi) is 4.82. The summed E-state index contributed by atoms with van der Waals surface area (Å²) in [7, 11) is 3.11. The number of aliphatic hydroxyl groups is 1. The van der Waals surface area contributed by atoms with E-state index in [2.05, 4.69) is 5.32 Å². The number of nitro groups is 1. The molecule has 0 fully saturated rings. The fraction of sp³-hybridized carbons (Fsp3) is 0.417. The molecular weight excluding hydrogens is 250 g/mol. The smallest absolute Gasteiger partial charge is 0.293 e. The second-order valence-corrected chi connectivity index (χ2v) is 4.27. The minimum atomic E-state index is -0.652. The second kappa shape index (κ2) is 6.14. The highest BCUT2D eigenvalue weighted by atomic mass is 16.6. The number of amides is 1. The lowest BCUT2D eigenvalue weighted by Gasteiger charge is -2.18. The van der Waals surface area contributed by atoms with Gasteiger partial charge in [0.1, 0.15) is 5.69 Å². The van der Waals surface area contributed by atoms with Crippen LogP contribution in [0, 0.1) is 10.1 Å². The van der Waals surface area contributed by atoms with E-state index in [1.54, 1.807) is 14.0 Å². The zero-order valence-corrected chi connectivity index (χ0v) is 11.1. The third-order valence-corrected chi connectivity index (χ3v) is 2.60. The molecule has 1 aromatic carbocycles. The highest BCUT2D eigenvalue weighted by Gasteiger charge is 2.19. The molecule has 0 aliphatic heterocycles. The fourth-order valence-corrected chi connectivity index (χ4v) is 1.73. The molecule has 1 amide bonds. The van der Waals surface area contributed by atoms with Gasteiger partial charge in [-0.15, -0.1) is 0 Å². The Balaban J connectivity index is 3.05. The number of hydrogen-bond acceptors (Lipinski definition) is 5.